The van der Waals surface area contributed by atoms with Crippen LogP contribution in [0.1, 0.15) is 24.0 Å². The summed E-state index contributed by atoms with van der Waals surface area (Å²) in [5.41, 5.74) is 9.47. The number of aromatic nitrogens is 3. The lowest BCUT2D eigenvalue weighted by molar-refractivity contribution is -0.137. The molecule has 0 bridgehead atoms. The molecule has 1 aliphatic rings. The monoisotopic (exact) mass is 602 g/mol. The molecule has 1 saturated heterocycles. The molecular formula is C32H33F3N8O. The van der Waals surface area contributed by atoms with E-state index in [0.29, 0.717) is 23.6 Å². The topological polar surface area (TPSA) is 104 Å². The molecule has 1 fully saturated rings. The minimum Gasteiger partial charge on any atom is -0.382 e. The smallest absolute Gasteiger partial charge is 0.382 e. The quantitative estimate of drug-likeness (QED) is 0.217. The van der Waals surface area contributed by atoms with Crippen LogP contribution in [0.15, 0.2) is 66.9 Å². The van der Waals surface area contributed by atoms with Crippen LogP contribution in [-0.4, -0.2) is 63.4 Å². The standard InChI is InChI=1S/C32H33F3N8O/c1-3-27-40-28(29-30(36)37-18-22(43(27)29)19-42-15-13-41(2)14-16-42)25-11-12-26(24-10-5-4-9-23(24)25)39-31(44)38-21-8-6-7-20(17-21)32(33,34)35/h4-12,17-18H,3,13-16,19H2,1-2H3,(H2,36,37)(H2,38,39,44). The number of benzene rings is 3. The number of imidazole rings is 1. The molecule has 1 aliphatic heterocycles. The molecule has 228 valence electrons. The van der Waals surface area contributed by atoms with Gasteiger partial charge in [-0.2, -0.15) is 13.2 Å². The molecule has 6 rings (SSSR count). The Kier molecular flexibility index (Phi) is 7.87. The Balaban J connectivity index is 1.35. The zero-order chi connectivity index (χ0) is 31.0. The fraction of sp³-hybridized carbons (Fsp3) is 0.281. The first kappa shape index (κ1) is 29.4. The molecule has 0 aliphatic carbocycles. The van der Waals surface area contributed by atoms with Gasteiger partial charge in [-0.25, -0.2) is 14.8 Å². The lowest BCUT2D eigenvalue weighted by atomic mass is 10.00. The zero-order valence-electron chi connectivity index (χ0n) is 24.4. The average molecular weight is 603 g/mol. The Labute approximate surface area is 252 Å². The van der Waals surface area contributed by atoms with Gasteiger partial charge >= 0.3 is 12.2 Å². The molecule has 12 heteroatoms. The van der Waals surface area contributed by atoms with E-state index in [9.17, 15) is 18.0 Å². The SMILES string of the molecule is CCc1nc(-c2ccc(NC(=O)Nc3cccc(C(F)(F)F)c3)c3ccccc23)c2c(N)ncc(CN3CCN(C)CC3)n12. The number of likely N-dealkylation sites (N-methyl/N-ethyl adjacent to an activating group) is 1. The molecule has 0 spiro atoms. The average Bonchev–Trinajstić information content (AvgIpc) is 3.40. The predicted molar refractivity (Wildman–Crippen MR) is 167 cm³/mol. The van der Waals surface area contributed by atoms with Crippen molar-refractivity contribution in [3.8, 4) is 11.3 Å². The first-order valence-electron chi connectivity index (χ1n) is 14.5. The molecule has 3 heterocycles. The molecule has 3 aromatic carbocycles. The maximum absolute atomic E-state index is 13.1. The van der Waals surface area contributed by atoms with Gasteiger partial charge in [0.05, 0.1) is 23.1 Å². The molecule has 0 saturated carbocycles. The summed E-state index contributed by atoms with van der Waals surface area (Å²) in [6.45, 7) is 6.73. The highest BCUT2D eigenvalue weighted by atomic mass is 19.4. The number of nitrogens with zero attached hydrogens (tertiary/aromatic N) is 5. The lowest BCUT2D eigenvalue weighted by Gasteiger charge is -2.32. The van der Waals surface area contributed by atoms with E-state index in [2.05, 4.69) is 43.8 Å². The third kappa shape index (κ3) is 5.78. The van der Waals surface area contributed by atoms with Gasteiger partial charge in [-0.3, -0.25) is 9.30 Å². The summed E-state index contributed by atoms with van der Waals surface area (Å²) in [6.07, 6.45) is -1.99. The fourth-order valence-electron chi connectivity index (χ4n) is 5.72. The number of nitrogen functional groups attached to an aromatic ring is 1. The lowest BCUT2D eigenvalue weighted by Crippen LogP contribution is -2.44. The van der Waals surface area contributed by atoms with Crippen LogP contribution in [0.4, 0.5) is 35.2 Å². The highest BCUT2D eigenvalue weighted by Crippen LogP contribution is 2.37. The van der Waals surface area contributed by atoms with Crippen molar-refractivity contribution in [1.29, 1.82) is 0 Å². The second-order valence-corrected chi connectivity index (χ2v) is 11.0. The second kappa shape index (κ2) is 11.8. The van der Waals surface area contributed by atoms with Crippen molar-refractivity contribution in [2.75, 3.05) is 49.6 Å². The number of piperazine rings is 1. The molecule has 2 amide bonds. The van der Waals surface area contributed by atoms with Gasteiger partial charge in [0, 0.05) is 55.8 Å². The number of carbonyl (C=O) groups excluding carboxylic acids is 1. The minimum absolute atomic E-state index is 0.0326. The molecule has 0 atom stereocenters. The highest BCUT2D eigenvalue weighted by Gasteiger charge is 2.30. The summed E-state index contributed by atoms with van der Waals surface area (Å²) < 4.78 is 41.5. The maximum Gasteiger partial charge on any atom is 0.416 e. The van der Waals surface area contributed by atoms with Crippen LogP contribution < -0.4 is 16.4 Å². The summed E-state index contributed by atoms with van der Waals surface area (Å²) in [4.78, 5) is 27.2. The number of anilines is 3. The molecule has 4 N–H and O–H groups in total. The van der Waals surface area contributed by atoms with E-state index in [1.165, 1.54) is 12.1 Å². The van der Waals surface area contributed by atoms with Crippen molar-refractivity contribution >= 4 is 39.5 Å². The first-order chi connectivity index (χ1) is 21.1. The Morgan fingerprint density at radius 1 is 0.977 bits per heavy atom. The maximum atomic E-state index is 13.1. The van der Waals surface area contributed by atoms with E-state index in [-0.39, 0.29) is 5.69 Å². The van der Waals surface area contributed by atoms with E-state index in [0.717, 1.165) is 78.2 Å². The van der Waals surface area contributed by atoms with Crippen molar-refractivity contribution in [3.05, 3.63) is 83.9 Å². The molecular weight excluding hydrogens is 569 g/mol. The van der Waals surface area contributed by atoms with E-state index in [4.69, 9.17) is 10.7 Å². The van der Waals surface area contributed by atoms with E-state index < -0.39 is 17.8 Å². The summed E-state index contributed by atoms with van der Waals surface area (Å²) in [5.74, 6) is 1.25. The van der Waals surface area contributed by atoms with Gasteiger partial charge in [-0.15, -0.1) is 0 Å². The van der Waals surface area contributed by atoms with Crippen LogP contribution in [0, 0.1) is 0 Å². The minimum atomic E-state index is -4.51. The number of hydrogen-bond acceptors (Lipinski definition) is 6. The van der Waals surface area contributed by atoms with Crippen molar-refractivity contribution in [2.45, 2.75) is 26.1 Å². The molecule has 44 heavy (non-hydrogen) atoms. The third-order valence-corrected chi connectivity index (χ3v) is 8.00. The zero-order valence-corrected chi connectivity index (χ0v) is 24.4. The number of hydrogen-bond donors (Lipinski definition) is 3. The Bertz CT molecular complexity index is 1840. The number of fused-ring (bicyclic) bond motifs is 2. The van der Waals surface area contributed by atoms with Crippen molar-refractivity contribution < 1.29 is 18.0 Å². The van der Waals surface area contributed by atoms with Gasteiger partial charge in [0.15, 0.2) is 0 Å². The Hall–Kier alpha value is -4.68. The summed E-state index contributed by atoms with van der Waals surface area (Å²) in [5, 5.41) is 6.86. The predicted octanol–water partition coefficient (Wildman–Crippen LogP) is 6.10. The second-order valence-electron chi connectivity index (χ2n) is 11.0. The highest BCUT2D eigenvalue weighted by molar-refractivity contribution is 6.10. The van der Waals surface area contributed by atoms with Gasteiger partial charge < -0.3 is 21.3 Å². The van der Waals surface area contributed by atoms with Crippen LogP contribution >= 0.6 is 0 Å². The molecule has 0 radical (unpaired) electrons. The Morgan fingerprint density at radius 2 is 1.73 bits per heavy atom. The molecule has 9 nitrogen and oxygen atoms in total. The van der Waals surface area contributed by atoms with Crippen LogP contribution in [0.3, 0.4) is 0 Å². The third-order valence-electron chi connectivity index (χ3n) is 8.00. The normalized spacial score (nSPS) is 14.8. The van der Waals surface area contributed by atoms with Crippen molar-refractivity contribution in [2.24, 2.45) is 0 Å². The number of carbonyl (C=O) groups is 1. The van der Waals surface area contributed by atoms with E-state index in [1.54, 1.807) is 6.07 Å². The Morgan fingerprint density at radius 3 is 2.45 bits per heavy atom. The number of alkyl halides is 3. The molecule has 2 aromatic heterocycles. The van der Waals surface area contributed by atoms with Crippen LogP contribution in [0.25, 0.3) is 27.5 Å². The van der Waals surface area contributed by atoms with Gasteiger partial charge in [-0.1, -0.05) is 43.3 Å². The summed E-state index contributed by atoms with van der Waals surface area (Å²) in [6, 6.07) is 15.0. The number of aryl methyl sites for hydroxylation is 1. The fourth-order valence-corrected chi connectivity index (χ4v) is 5.72. The number of nitrogens with one attached hydrogen (secondary N) is 2. The van der Waals surface area contributed by atoms with Crippen LogP contribution in [0.2, 0.25) is 0 Å². The first-order valence-corrected chi connectivity index (χ1v) is 14.5. The van der Waals surface area contributed by atoms with Gasteiger partial charge in [0.1, 0.15) is 22.9 Å². The van der Waals surface area contributed by atoms with E-state index in [1.807, 2.05) is 36.5 Å². The van der Waals surface area contributed by atoms with Gasteiger partial charge in [0.2, 0.25) is 0 Å². The van der Waals surface area contributed by atoms with Crippen LogP contribution in [0.5, 0.6) is 0 Å². The summed E-state index contributed by atoms with van der Waals surface area (Å²) in [7, 11) is 2.13. The number of nitrogens with two attached hydrogens (primary N) is 1. The van der Waals surface area contributed by atoms with Crippen molar-refractivity contribution in [3.63, 3.8) is 0 Å². The number of halogens is 3. The number of amides is 2. The largest absolute Gasteiger partial charge is 0.416 e. The van der Waals surface area contributed by atoms with Crippen LogP contribution in [-0.2, 0) is 19.1 Å². The van der Waals surface area contributed by atoms with Gasteiger partial charge in [0.25, 0.3) is 0 Å². The van der Waals surface area contributed by atoms with E-state index >= 15 is 0 Å². The molecule has 5 aromatic rings. The van der Waals surface area contributed by atoms with Crippen molar-refractivity contribution in [1.82, 2.24) is 24.2 Å². The van der Waals surface area contributed by atoms with Gasteiger partial charge in [-0.05, 0) is 36.7 Å². The molecule has 0 unspecified atom stereocenters. The number of rotatable bonds is 6. The number of urea groups is 1. The summed E-state index contributed by atoms with van der Waals surface area (Å²) >= 11 is 0.